The van der Waals surface area contributed by atoms with Gasteiger partial charge < -0.3 is 15.4 Å². The molecule has 0 bridgehead atoms. The summed E-state index contributed by atoms with van der Waals surface area (Å²) in [5, 5.41) is 8.92. The molecule has 0 saturated carbocycles. The summed E-state index contributed by atoms with van der Waals surface area (Å²) in [5.74, 6) is -0.346. The number of para-hydroxylation sites is 2. The molecule has 0 saturated heterocycles. The molecule has 5 heteroatoms. The summed E-state index contributed by atoms with van der Waals surface area (Å²) in [7, 11) is 1.39. The minimum Gasteiger partial charge on any atom is -0.466 e. The second kappa shape index (κ2) is 6.01. The van der Waals surface area contributed by atoms with Crippen LogP contribution in [-0.2, 0) is 9.53 Å². The highest BCUT2D eigenvalue weighted by atomic mass is 32.1. The van der Waals surface area contributed by atoms with Crippen molar-refractivity contribution in [2.45, 2.75) is 12.5 Å². The second-order valence-electron chi connectivity index (χ2n) is 4.78. The van der Waals surface area contributed by atoms with Crippen LogP contribution in [0.15, 0.2) is 53.6 Å². The summed E-state index contributed by atoms with van der Waals surface area (Å²) in [6.07, 6.45) is 2.22. The molecular formula is C16H16N2O2S. The normalized spacial score (nSPS) is 19.1. The minimum atomic E-state index is -0.346. The Balaban J connectivity index is 1.98. The maximum absolute atomic E-state index is 11.5. The molecule has 1 atom stereocenters. The van der Waals surface area contributed by atoms with Crippen LogP contribution in [0.1, 0.15) is 17.3 Å². The molecule has 108 valence electrons. The molecule has 1 aromatic heterocycles. The number of anilines is 2. The van der Waals surface area contributed by atoms with Crippen LogP contribution in [0.4, 0.5) is 11.4 Å². The van der Waals surface area contributed by atoms with Crippen molar-refractivity contribution in [3.8, 4) is 0 Å². The first-order valence-corrected chi connectivity index (χ1v) is 7.59. The average molecular weight is 300 g/mol. The third-order valence-electron chi connectivity index (χ3n) is 3.36. The zero-order valence-electron chi connectivity index (χ0n) is 11.6. The molecule has 3 rings (SSSR count). The largest absolute Gasteiger partial charge is 0.466 e. The van der Waals surface area contributed by atoms with E-state index in [4.69, 9.17) is 4.74 Å². The SMILES string of the molecule is COC(=O)/C=C1/CC(c2cccs2)Nc2ccccc2N1. The van der Waals surface area contributed by atoms with E-state index in [0.717, 1.165) is 17.1 Å². The maximum atomic E-state index is 11.5. The van der Waals surface area contributed by atoms with Crippen LogP contribution in [0.25, 0.3) is 0 Å². The summed E-state index contributed by atoms with van der Waals surface area (Å²) in [6.45, 7) is 0. The molecule has 1 unspecified atom stereocenters. The Kier molecular flexibility index (Phi) is 3.92. The Hall–Kier alpha value is -2.27. The van der Waals surface area contributed by atoms with Crippen LogP contribution in [0.5, 0.6) is 0 Å². The van der Waals surface area contributed by atoms with Crippen molar-refractivity contribution >= 4 is 28.7 Å². The lowest BCUT2D eigenvalue weighted by atomic mass is 10.1. The molecule has 1 aliphatic rings. The predicted molar refractivity (Wildman–Crippen MR) is 85.5 cm³/mol. The number of esters is 1. The number of fused-ring (bicyclic) bond motifs is 1. The van der Waals surface area contributed by atoms with Crippen molar-refractivity contribution < 1.29 is 9.53 Å². The standard InChI is InChI=1S/C16H16N2O2S/c1-20-16(19)10-11-9-14(15-7-4-8-21-15)18-13-6-3-2-5-12(13)17-11/h2-8,10,14,17-18H,9H2,1H3/b11-10-. The minimum absolute atomic E-state index is 0.136. The molecule has 0 aliphatic carbocycles. The fraction of sp³-hybridized carbons (Fsp3) is 0.188. The highest BCUT2D eigenvalue weighted by Gasteiger charge is 2.21. The van der Waals surface area contributed by atoms with Crippen LogP contribution in [-0.4, -0.2) is 13.1 Å². The molecule has 1 aromatic carbocycles. The van der Waals surface area contributed by atoms with Crippen molar-refractivity contribution in [3.63, 3.8) is 0 Å². The number of carbonyl (C=O) groups excluding carboxylic acids is 1. The topological polar surface area (TPSA) is 50.4 Å². The van der Waals surface area contributed by atoms with Crippen LogP contribution in [0, 0.1) is 0 Å². The second-order valence-corrected chi connectivity index (χ2v) is 5.76. The number of ether oxygens (including phenoxy) is 1. The molecule has 4 nitrogen and oxygen atoms in total. The first kappa shape index (κ1) is 13.7. The van der Waals surface area contributed by atoms with Gasteiger partial charge in [0.15, 0.2) is 0 Å². The average Bonchev–Trinajstić information content (AvgIpc) is 2.96. The molecule has 0 spiro atoms. The van der Waals surface area contributed by atoms with Crippen LogP contribution >= 0.6 is 11.3 Å². The highest BCUT2D eigenvalue weighted by Crippen LogP contribution is 2.36. The fourth-order valence-electron chi connectivity index (χ4n) is 2.36. The summed E-state index contributed by atoms with van der Waals surface area (Å²) >= 11 is 1.71. The number of methoxy groups -OCH3 is 1. The van der Waals surface area contributed by atoms with Gasteiger partial charge in [-0.1, -0.05) is 18.2 Å². The van der Waals surface area contributed by atoms with Crippen molar-refractivity contribution in [1.82, 2.24) is 0 Å². The third kappa shape index (κ3) is 3.08. The van der Waals surface area contributed by atoms with Crippen LogP contribution in [0.2, 0.25) is 0 Å². The zero-order chi connectivity index (χ0) is 14.7. The highest BCUT2D eigenvalue weighted by molar-refractivity contribution is 7.10. The quantitative estimate of drug-likeness (QED) is 0.655. The van der Waals surface area contributed by atoms with Gasteiger partial charge >= 0.3 is 5.97 Å². The molecular weight excluding hydrogens is 284 g/mol. The van der Waals surface area contributed by atoms with E-state index in [-0.39, 0.29) is 12.0 Å². The van der Waals surface area contributed by atoms with Gasteiger partial charge in [0.05, 0.1) is 24.5 Å². The van der Waals surface area contributed by atoms with Crippen LogP contribution < -0.4 is 10.6 Å². The number of hydrogen-bond acceptors (Lipinski definition) is 5. The number of hydrogen-bond donors (Lipinski definition) is 2. The lowest BCUT2D eigenvalue weighted by Crippen LogP contribution is -2.10. The van der Waals surface area contributed by atoms with Crippen molar-refractivity contribution in [2.24, 2.45) is 0 Å². The molecule has 2 heterocycles. The number of rotatable bonds is 2. The van der Waals surface area contributed by atoms with E-state index in [2.05, 4.69) is 22.1 Å². The predicted octanol–water partition coefficient (Wildman–Crippen LogP) is 3.77. The first-order valence-electron chi connectivity index (χ1n) is 6.71. The van der Waals surface area contributed by atoms with Gasteiger partial charge in [0.1, 0.15) is 0 Å². The Morgan fingerprint density at radius 2 is 2.10 bits per heavy atom. The van der Waals surface area contributed by atoms with Gasteiger partial charge in [-0.2, -0.15) is 0 Å². The van der Waals surface area contributed by atoms with Crippen molar-refractivity contribution in [1.29, 1.82) is 0 Å². The van der Waals surface area contributed by atoms with E-state index in [1.165, 1.54) is 18.1 Å². The van der Waals surface area contributed by atoms with Gasteiger partial charge in [-0.3, -0.25) is 0 Å². The van der Waals surface area contributed by atoms with Gasteiger partial charge in [-0.25, -0.2) is 4.79 Å². The summed E-state index contributed by atoms with van der Waals surface area (Å²) in [5.41, 5.74) is 2.84. The van der Waals surface area contributed by atoms with Crippen molar-refractivity contribution in [2.75, 3.05) is 17.7 Å². The van der Waals surface area contributed by atoms with E-state index in [9.17, 15) is 4.79 Å². The lowest BCUT2D eigenvalue weighted by molar-refractivity contribution is -0.134. The monoisotopic (exact) mass is 300 g/mol. The molecule has 0 fully saturated rings. The smallest absolute Gasteiger partial charge is 0.332 e. The Morgan fingerprint density at radius 1 is 1.29 bits per heavy atom. The fourth-order valence-corrected chi connectivity index (χ4v) is 3.14. The Labute approximate surface area is 127 Å². The Bertz CT molecular complexity index is 665. The zero-order valence-corrected chi connectivity index (χ0v) is 12.4. The van der Waals surface area contributed by atoms with E-state index in [0.29, 0.717) is 6.42 Å². The van der Waals surface area contributed by atoms with E-state index in [1.54, 1.807) is 11.3 Å². The first-order chi connectivity index (χ1) is 10.3. The van der Waals surface area contributed by atoms with E-state index >= 15 is 0 Å². The maximum Gasteiger partial charge on any atom is 0.332 e. The Morgan fingerprint density at radius 3 is 2.81 bits per heavy atom. The van der Waals surface area contributed by atoms with E-state index < -0.39 is 0 Å². The lowest BCUT2D eigenvalue weighted by Gasteiger charge is -2.16. The number of carbonyl (C=O) groups is 1. The molecule has 1 aliphatic heterocycles. The van der Waals surface area contributed by atoms with Gasteiger partial charge in [0, 0.05) is 23.1 Å². The number of nitrogens with one attached hydrogen (secondary N) is 2. The third-order valence-corrected chi connectivity index (χ3v) is 4.34. The molecule has 2 N–H and O–H groups in total. The summed E-state index contributed by atoms with van der Waals surface area (Å²) in [4.78, 5) is 12.8. The number of thiophene rings is 1. The van der Waals surface area contributed by atoms with Gasteiger partial charge in [-0.05, 0) is 23.6 Å². The number of benzene rings is 1. The summed E-state index contributed by atoms with van der Waals surface area (Å²) < 4.78 is 4.73. The molecule has 21 heavy (non-hydrogen) atoms. The van der Waals surface area contributed by atoms with Gasteiger partial charge in [0.2, 0.25) is 0 Å². The molecule has 0 radical (unpaired) electrons. The van der Waals surface area contributed by atoms with E-state index in [1.807, 2.05) is 30.3 Å². The van der Waals surface area contributed by atoms with Crippen molar-refractivity contribution in [3.05, 3.63) is 58.4 Å². The van der Waals surface area contributed by atoms with Gasteiger partial charge in [-0.15, -0.1) is 11.3 Å². The molecule has 0 amide bonds. The summed E-state index contributed by atoms with van der Waals surface area (Å²) in [6, 6.07) is 12.3. The van der Waals surface area contributed by atoms with Gasteiger partial charge in [0.25, 0.3) is 0 Å². The van der Waals surface area contributed by atoms with Crippen LogP contribution in [0.3, 0.4) is 0 Å². The molecule has 2 aromatic rings.